The first-order valence-corrected chi connectivity index (χ1v) is 6.19. The van der Waals surface area contributed by atoms with Gasteiger partial charge in [-0.1, -0.05) is 24.3 Å². The zero-order chi connectivity index (χ0) is 14.5. The normalized spacial score (nSPS) is 10.1. The first kappa shape index (κ1) is 13.9. The molecule has 0 spiro atoms. The lowest BCUT2D eigenvalue weighted by molar-refractivity contribution is 0.0949. The number of hydrogen-bond donors (Lipinski definition) is 3. The van der Waals surface area contributed by atoms with Crippen molar-refractivity contribution in [3.05, 3.63) is 59.2 Å². The number of aryl methyl sites for hydroxylation is 1. The van der Waals surface area contributed by atoms with E-state index in [1.54, 1.807) is 12.1 Å². The first-order chi connectivity index (χ1) is 9.61. The van der Waals surface area contributed by atoms with Gasteiger partial charge in [-0.05, 0) is 36.2 Å². The summed E-state index contributed by atoms with van der Waals surface area (Å²) in [5.74, 6) is 5.17. The van der Waals surface area contributed by atoms with Gasteiger partial charge in [-0.25, -0.2) is 5.84 Å². The van der Waals surface area contributed by atoms with Gasteiger partial charge >= 0.3 is 0 Å². The Morgan fingerprint density at radius 1 is 1.25 bits per heavy atom. The van der Waals surface area contributed by atoms with E-state index in [2.05, 4.69) is 5.43 Å². The van der Waals surface area contributed by atoms with Crippen molar-refractivity contribution in [1.82, 2.24) is 5.43 Å². The Balaban J connectivity index is 2.21. The van der Waals surface area contributed by atoms with E-state index < -0.39 is 5.91 Å². The fraction of sp³-hybridized carbons (Fsp3) is 0.133. The molecule has 0 aliphatic rings. The molecule has 5 N–H and O–H groups in total. The van der Waals surface area contributed by atoms with Gasteiger partial charge in [0.1, 0.15) is 12.4 Å². The van der Waals surface area contributed by atoms with Crippen molar-refractivity contribution < 1.29 is 9.53 Å². The van der Waals surface area contributed by atoms with Gasteiger partial charge < -0.3 is 10.5 Å². The van der Waals surface area contributed by atoms with Gasteiger partial charge in [0, 0.05) is 5.69 Å². The van der Waals surface area contributed by atoms with Crippen LogP contribution in [0.25, 0.3) is 0 Å². The number of nitrogens with two attached hydrogens (primary N) is 2. The third-order valence-electron chi connectivity index (χ3n) is 3.02. The van der Waals surface area contributed by atoms with Gasteiger partial charge in [0.05, 0.1) is 5.56 Å². The van der Waals surface area contributed by atoms with Crippen LogP contribution in [0.3, 0.4) is 0 Å². The minimum absolute atomic E-state index is 0.320. The number of rotatable bonds is 4. The standard InChI is InChI=1S/C15H17N3O2/c1-10-4-2-3-5-11(10)9-20-14-7-6-12(16)8-13(14)15(19)18-17/h2-8H,9,16-17H2,1H3,(H,18,19). The largest absolute Gasteiger partial charge is 0.488 e. The van der Waals surface area contributed by atoms with Crippen LogP contribution in [0.15, 0.2) is 42.5 Å². The van der Waals surface area contributed by atoms with E-state index in [1.165, 1.54) is 6.07 Å². The van der Waals surface area contributed by atoms with Gasteiger partial charge in [0.25, 0.3) is 5.91 Å². The number of benzene rings is 2. The maximum atomic E-state index is 11.7. The third kappa shape index (κ3) is 3.07. The minimum atomic E-state index is -0.433. The van der Waals surface area contributed by atoms with Crippen LogP contribution in [-0.2, 0) is 6.61 Å². The monoisotopic (exact) mass is 271 g/mol. The molecule has 0 aliphatic carbocycles. The van der Waals surface area contributed by atoms with Crippen LogP contribution in [0.5, 0.6) is 5.75 Å². The Morgan fingerprint density at radius 3 is 2.70 bits per heavy atom. The van der Waals surface area contributed by atoms with E-state index in [0.717, 1.165) is 11.1 Å². The second kappa shape index (κ2) is 6.08. The topological polar surface area (TPSA) is 90.4 Å². The molecule has 0 aromatic heterocycles. The van der Waals surface area contributed by atoms with E-state index in [-0.39, 0.29) is 0 Å². The zero-order valence-corrected chi connectivity index (χ0v) is 11.2. The predicted octanol–water partition coefficient (Wildman–Crippen LogP) is 1.76. The van der Waals surface area contributed by atoms with E-state index >= 15 is 0 Å². The van der Waals surface area contributed by atoms with Gasteiger partial charge in [0.15, 0.2) is 0 Å². The van der Waals surface area contributed by atoms with E-state index in [1.807, 2.05) is 31.2 Å². The van der Waals surface area contributed by atoms with E-state index in [9.17, 15) is 4.79 Å². The van der Waals surface area contributed by atoms with Crippen LogP contribution >= 0.6 is 0 Å². The lowest BCUT2D eigenvalue weighted by Gasteiger charge is -2.12. The van der Waals surface area contributed by atoms with Crippen LogP contribution in [0.1, 0.15) is 21.5 Å². The van der Waals surface area contributed by atoms with Crippen LogP contribution in [0, 0.1) is 6.92 Å². The quantitative estimate of drug-likeness (QED) is 0.342. The number of nitrogen functional groups attached to an aromatic ring is 2. The van der Waals surface area contributed by atoms with Crippen molar-refractivity contribution in [3.8, 4) is 5.75 Å². The van der Waals surface area contributed by atoms with Gasteiger partial charge in [-0.3, -0.25) is 10.2 Å². The van der Waals surface area contributed by atoms with Crippen molar-refractivity contribution in [2.75, 3.05) is 5.73 Å². The van der Waals surface area contributed by atoms with Gasteiger partial charge in [-0.15, -0.1) is 0 Å². The maximum Gasteiger partial charge on any atom is 0.269 e. The smallest absolute Gasteiger partial charge is 0.269 e. The second-order valence-corrected chi connectivity index (χ2v) is 4.44. The van der Waals surface area contributed by atoms with Crippen molar-refractivity contribution in [2.45, 2.75) is 13.5 Å². The molecule has 0 fully saturated rings. The fourth-order valence-electron chi connectivity index (χ4n) is 1.86. The molecule has 0 saturated heterocycles. The molecule has 0 aliphatic heterocycles. The average Bonchev–Trinajstić information content (AvgIpc) is 2.46. The fourth-order valence-corrected chi connectivity index (χ4v) is 1.86. The molecule has 0 unspecified atom stereocenters. The molecule has 20 heavy (non-hydrogen) atoms. The maximum absolute atomic E-state index is 11.7. The number of ether oxygens (including phenoxy) is 1. The summed E-state index contributed by atoms with van der Waals surface area (Å²) in [4.78, 5) is 11.7. The van der Waals surface area contributed by atoms with Crippen molar-refractivity contribution in [3.63, 3.8) is 0 Å². The van der Waals surface area contributed by atoms with Gasteiger partial charge in [-0.2, -0.15) is 0 Å². The number of nitrogens with one attached hydrogen (secondary N) is 1. The Labute approximate surface area is 117 Å². The van der Waals surface area contributed by atoms with Crippen molar-refractivity contribution in [1.29, 1.82) is 0 Å². The van der Waals surface area contributed by atoms with E-state index in [0.29, 0.717) is 23.6 Å². The Hall–Kier alpha value is -2.53. The zero-order valence-electron chi connectivity index (χ0n) is 11.2. The molecule has 0 heterocycles. The Kier molecular flexibility index (Phi) is 4.22. The number of hydrogen-bond acceptors (Lipinski definition) is 4. The molecule has 0 atom stereocenters. The molecule has 1 amide bonds. The molecule has 104 valence electrons. The second-order valence-electron chi connectivity index (χ2n) is 4.44. The van der Waals surface area contributed by atoms with Crippen LogP contribution in [0.2, 0.25) is 0 Å². The molecule has 2 rings (SSSR count). The molecule has 0 bridgehead atoms. The lowest BCUT2D eigenvalue weighted by Crippen LogP contribution is -2.30. The number of hydrazine groups is 1. The highest BCUT2D eigenvalue weighted by molar-refractivity contribution is 5.97. The summed E-state index contributed by atoms with van der Waals surface area (Å²) in [6.45, 7) is 2.39. The molecule has 5 nitrogen and oxygen atoms in total. The summed E-state index contributed by atoms with van der Waals surface area (Å²) in [5.41, 5.74) is 10.7. The lowest BCUT2D eigenvalue weighted by atomic mass is 10.1. The summed E-state index contributed by atoms with van der Waals surface area (Å²) >= 11 is 0. The summed E-state index contributed by atoms with van der Waals surface area (Å²) in [6, 6.07) is 12.8. The Morgan fingerprint density at radius 2 is 2.00 bits per heavy atom. The minimum Gasteiger partial charge on any atom is -0.488 e. The predicted molar refractivity (Wildman–Crippen MR) is 78.0 cm³/mol. The highest BCUT2D eigenvalue weighted by Crippen LogP contribution is 2.23. The molecule has 5 heteroatoms. The molecular formula is C15H17N3O2. The summed E-state index contributed by atoms with van der Waals surface area (Å²) in [7, 11) is 0. The molecule has 0 radical (unpaired) electrons. The van der Waals surface area contributed by atoms with E-state index in [4.69, 9.17) is 16.3 Å². The van der Waals surface area contributed by atoms with Gasteiger partial charge in [0.2, 0.25) is 0 Å². The molecular weight excluding hydrogens is 254 g/mol. The molecule has 2 aromatic rings. The highest BCUT2D eigenvalue weighted by Gasteiger charge is 2.12. The average molecular weight is 271 g/mol. The summed E-state index contributed by atoms with van der Waals surface area (Å²) in [5, 5.41) is 0. The van der Waals surface area contributed by atoms with Crippen molar-refractivity contribution in [2.24, 2.45) is 5.84 Å². The number of carbonyl (C=O) groups excluding carboxylic acids is 1. The summed E-state index contributed by atoms with van der Waals surface area (Å²) in [6.07, 6.45) is 0. The number of carbonyl (C=O) groups is 1. The van der Waals surface area contributed by atoms with Crippen molar-refractivity contribution >= 4 is 11.6 Å². The first-order valence-electron chi connectivity index (χ1n) is 6.19. The third-order valence-corrected chi connectivity index (χ3v) is 3.02. The van der Waals surface area contributed by atoms with Crippen LogP contribution in [-0.4, -0.2) is 5.91 Å². The summed E-state index contributed by atoms with van der Waals surface area (Å²) < 4.78 is 5.71. The molecule has 0 saturated carbocycles. The SMILES string of the molecule is Cc1ccccc1COc1ccc(N)cc1C(=O)NN. The molecule has 2 aromatic carbocycles. The Bertz CT molecular complexity index is 626. The highest BCUT2D eigenvalue weighted by atomic mass is 16.5. The number of anilines is 1. The van der Waals surface area contributed by atoms with Crippen LogP contribution < -0.4 is 21.7 Å². The van der Waals surface area contributed by atoms with Crippen LogP contribution in [0.4, 0.5) is 5.69 Å². The number of amides is 1.